The first kappa shape index (κ1) is 16.4. The molecule has 0 spiro atoms. The quantitative estimate of drug-likeness (QED) is 0.769. The molecule has 3 nitrogen and oxygen atoms in total. The fraction of sp³-hybridized carbons (Fsp3) is 0.444. The van der Waals surface area contributed by atoms with E-state index in [-0.39, 0.29) is 17.8 Å². The number of nitriles is 1. The lowest BCUT2D eigenvalue weighted by Gasteiger charge is -2.33. The molecule has 0 radical (unpaired) electrons. The molecule has 0 saturated heterocycles. The van der Waals surface area contributed by atoms with Gasteiger partial charge in [-0.1, -0.05) is 36.5 Å². The Balaban J connectivity index is 2.14. The Morgan fingerprint density at radius 3 is 2.87 bits per heavy atom. The van der Waals surface area contributed by atoms with Gasteiger partial charge in [0.25, 0.3) is 0 Å². The van der Waals surface area contributed by atoms with E-state index < -0.39 is 0 Å². The van der Waals surface area contributed by atoms with Gasteiger partial charge in [0.05, 0.1) is 5.02 Å². The van der Waals surface area contributed by atoms with Crippen molar-refractivity contribution < 1.29 is 9.53 Å². The number of hydrogen-bond donors (Lipinski definition) is 0. The van der Waals surface area contributed by atoms with Crippen molar-refractivity contribution in [1.29, 1.82) is 5.26 Å². The van der Waals surface area contributed by atoms with Crippen LogP contribution in [0.25, 0.3) is 5.57 Å². The number of ketones is 1. The third-order valence-electron chi connectivity index (χ3n) is 4.80. The molecule has 5 heteroatoms. The molecule has 0 heterocycles. The second kappa shape index (κ2) is 6.19. The zero-order chi connectivity index (χ0) is 16.6. The normalized spacial score (nSPS) is 22.2. The van der Waals surface area contributed by atoms with E-state index in [2.05, 4.69) is 6.92 Å². The van der Waals surface area contributed by atoms with E-state index in [9.17, 15) is 4.79 Å². The second-order valence-corrected chi connectivity index (χ2v) is 6.97. The van der Waals surface area contributed by atoms with E-state index >= 15 is 0 Å². The van der Waals surface area contributed by atoms with E-state index in [1.165, 1.54) is 0 Å². The molecule has 1 unspecified atom stereocenters. The first-order valence-electron chi connectivity index (χ1n) is 7.78. The van der Waals surface area contributed by atoms with Crippen LogP contribution in [-0.2, 0) is 11.2 Å². The van der Waals surface area contributed by atoms with Crippen molar-refractivity contribution >= 4 is 34.6 Å². The van der Waals surface area contributed by atoms with Gasteiger partial charge in [-0.15, -0.1) is 0 Å². The molecular formula is C18H17Cl2NO2. The number of hydrogen-bond acceptors (Lipinski definition) is 3. The van der Waals surface area contributed by atoms with Gasteiger partial charge in [0.1, 0.15) is 16.8 Å². The summed E-state index contributed by atoms with van der Waals surface area (Å²) in [6, 6.07) is 3.81. The molecule has 0 amide bonds. The Hall–Kier alpha value is -1.50. The number of carbonyl (C=O) groups excluding carboxylic acids is 1. The molecule has 0 bridgehead atoms. The summed E-state index contributed by atoms with van der Waals surface area (Å²) in [7, 11) is 0. The topological polar surface area (TPSA) is 50.1 Å². The largest absolute Gasteiger partial charge is 0.477 e. The molecule has 0 aliphatic heterocycles. The minimum atomic E-state index is -0.0733. The number of allylic oxidation sites excluding steroid dienone is 2. The highest BCUT2D eigenvalue weighted by atomic mass is 35.5. The van der Waals surface area contributed by atoms with Crippen molar-refractivity contribution in [1.82, 2.24) is 0 Å². The lowest BCUT2D eigenvalue weighted by Crippen LogP contribution is -2.25. The minimum absolute atomic E-state index is 0.0220. The molecule has 3 rings (SSSR count). The van der Waals surface area contributed by atoms with Crippen molar-refractivity contribution in [3.05, 3.63) is 33.3 Å². The highest BCUT2D eigenvalue weighted by Crippen LogP contribution is 2.58. The summed E-state index contributed by atoms with van der Waals surface area (Å²) in [6.45, 7) is 2.08. The number of benzene rings is 1. The molecule has 1 aromatic carbocycles. The molecule has 2 aliphatic rings. The summed E-state index contributed by atoms with van der Waals surface area (Å²) in [5, 5.41) is 9.43. The lowest BCUT2D eigenvalue weighted by atomic mass is 9.70. The molecule has 1 atom stereocenters. The zero-order valence-corrected chi connectivity index (χ0v) is 14.4. The molecule has 23 heavy (non-hydrogen) atoms. The maximum Gasteiger partial charge on any atom is 0.174 e. The Kier molecular flexibility index (Phi) is 4.40. The van der Waals surface area contributed by atoms with Gasteiger partial charge in [-0.2, -0.15) is 5.26 Å². The molecule has 1 aromatic rings. The van der Waals surface area contributed by atoms with Crippen LogP contribution in [0.15, 0.2) is 12.1 Å². The molecule has 0 aromatic heterocycles. The first-order chi connectivity index (χ1) is 11.0. The molecule has 0 fully saturated rings. The molecule has 120 valence electrons. The number of halogens is 2. The van der Waals surface area contributed by atoms with Gasteiger partial charge in [-0.05, 0) is 42.5 Å². The van der Waals surface area contributed by atoms with Crippen molar-refractivity contribution in [3.8, 4) is 11.8 Å². The van der Waals surface area contributed by atoms with Crippen LogP contribution < -0.4 is 4.74 Å². The monoisotopic (exact) mass is 349 g/mol. The lowest BCUT2D eigenvalue weighted by molar-refractivity contribution is -0.115. The van der Waals surface area contributed by atoms with Gasteiger partial charge >= 0.3 is 0 Å². The van der Waals surface area contributed by atoms with Crippen LogP contribution in [-0.4, -0.2) is 12.4 Å². The maximum atomic E-state index is 12.0. The van der Waals surface area contributed by atoms with Crippen LogP contribution in [0.5, 0.6) is 5.75 Å². The maximum absolute atomic E-state index is 12.0. The summed E-state index contributed by atoms with van der Waals surface area (Å²) in [5.74, 6) is 0.589. The summed E-state index contributed by atoms with van der Waals surface area (Å²) in [6.07, 6.45) is 6.09. The van der Waals surface area contributed by atoms with Crippen LogP contribution in [0.2, 0.25) is 10.0 Å². The van der Waals surface area contributed by atoms with Crippen LogP contribution >= 0.6 is 23.2 Å². The zero-order valence-electron chi connectivity index (χ0n) is 12.9. The summed E-state index contributed by atoms with van der Waals surface area (Å²) >= 11 is 12.8. The fourth-order valence-corrected chi connectivity index (χ4v) is 4.41. The number of ether oxygens (including phenoxy) is 1. The molecular weight excluding hydrogens is 333 g/mol. The first-order valence-corrected chi connectivity index (χ1v) is 8.54. The third kappa shape index (κ3) is 2.65. The van der Waals surface area contributed by atoms with E-state index in [1.54, 1.807) is 6.08 Å². The Labute approximate surface area is 145 Å². The van der Waals surface area contributed by atoms with Crippen molar-refractivity contribution in [2.45, 2.75) is 39.0 Å². The van der Waals surface area contributed by atoms with Crippen molar-refractivity contribution in [2.75, 3.05) is 6.61 Å². The summed E-state index contributed by atoms with van der Waals surface area (Å²) < 4.78 is 5.40. The number of nitrogens with zero attached hydrogens (tertiary/aromatic N) is 1. The second-order valence-electron chi connectivity index (χ2n) is 6.22. The average molecular weight is 350 g/mol. The average Bonchev–Trinajstić information content (AvgIpc) is 2.83. The Bertz CT molecular complexity index is 748. The minimum Gasteiger partial charge on any atom is -0.477 e. The van der Waals surface area contributed by atoms with Gasteiger partial charge in [0.15, 0.2) is 12.4 Å². The highest BCUT2D eigenvalue weighted by molar-refractivity contribution is 6.44. The van der Waals surface area contributed by atoms with Crippen molar-refractivity contribution in [3.63, 3.8) is 0 Å². The number of fused-ring (bicyclic) bond motifs is 3. The Morgan fingerprint density at radius 2 is 2.17 bits per heavy atom. The van der Waals surface area contributed by atoms with Crippen LogP contribution in [0.4, 0.5) is 0 Å². The smallest absolute Gasteiger partial charge is 0.174 e. The Morgan fingerprint density at radius 1 is 1.39 bits per heavy atom. The molecule has 0 N–H and O–H groups in total. The molecule has 2 aliphatic carbocycles. The standard InChI is InChI=1S/C18H17Cl2NO2/c1-2-4-18-5-3-12(22)9-13(18)15-11(10-18)8-14(23-7-6-21)16(19)17(15)20/h8-9H,2-5,7,10H2,1H3. The highest BCUT2D eigenvalue weighted by Gasteiger charge is 2.45. The SMILES string of the molecule is CCCC12CCC(=O)C=C1c1c(cc(OCC#N)c(Cl)c1Cl)C2. The van der Waals surface area contributed by atoms with Gasteiger partial charge in [0, 0.05) is 17.4 Å². The van der Waals surface area contributed by atoms with E-state index in [0.29, 0.717) is 22.2 Å². The third-order valence-corrected chi connectivity index (χ3v) is 5.65. The number of carbonyl (C=O) groups is 1. The fourth-order valence-electron chi connectivity index (χ4n) is 3.89. The van der Waals surface area contributed by atoms with Crippen LogP contribution in [0.1, 0.15) is 43.7 Å². The van der Waals surface area contributed by atoms with Gasteiger partial charge < -0.3 is 4.74 Å². The van der Waals surface area contributed by atoms with E-state index in [1.807, 2.05) is 12.1 Å². The van der Waals surface area contributed by atoms with Gasteiger partial charge in [-0.3, -0.25) is 4.79 Å². The van der Waals surface area contributed by atoms with Gasteiger partial charge in [-0.25, -0.2) is 0 Å². The predicted molar refractivity (Wildman–Crippen MR) is 90.8 cm³/mol. The number of rotatable bonds is 4. The molecule has 0 saturated carbocycles. The predicted octanol–water partition coefficient (Wildman–Crippen LogP) is 4.98. The van der Waals surface area contributed by atoms with Crippen LogP contribution in [0, 0.1) is 16.7 Å². The van der Waals surface area contributed by atoms with Crippen LogP contribution in [0.3, 0.4) is 0 Å². The van der Waals surface area contributed by atoms with Gasteiger partial charge in [0.2, 0.25) is 0 Å². The summed E-state index contributed by atoms with van der Waals surface area (Å²) in [4.78, 5) is 12.0. The van der Waals surface area contributed by atoms with E-state index in [0.717, 1.165) is 42.4 Å². The van der Waals surface area contributed by atoms with E-state index in [4.69, 9.17) is 33.2 Å². The summed E-state index contributed by atoms with van der Waals surface area (Å²) in [5.41, 5.74) is 2.96. The van der Waals surface area contributed by atoms with Crippen molar-refractivity contribution in [2.24, 2.45) is 5.41 Å².